The Labute approximate surface area is 234 Å². The first kappa shape index (κ1) is 28.1. The van der Waals surface area contributed by atoms with E-state index in [0.717, 1.165) is 44.3 Å². The van der Waals surface area contributed by atoms with Gasteiger partial charge in [-0.25, -0.2) is 9.78 Å². The number of ether oxygens (including phenoxy) is 1. The van der Waals surface area contributed by atoms with Crippen molar-refractivity contribution in [3.05, 3.63) is 99.3 Å². The van der Waals surface area contributed by atoms with Gasteiger partial charge in [-0.3, -0.25) is 4.79 Å². The van der Waals surface area contributed by atoms with Crippen LogP contribution in [0.1, 0.15) is 64.9 Å². The Balaban J connectivity index is 1.36. The van der Waals surface area contributed by atoms with Crippen molar-refractivity contribution in [2.45, 2.75) is 66.8 Å². The minimum absolute atomic E-state index is 0.108. The molecule has 2 N–H and O–H groups in total. The molecule has 0 saturated carbocycles. The number of benzene rings is 2. The second-order valence-corrected chi connectivity index (χ2v) is 11.6. The molecule has 4 aromatic rings. The quantitative estimate of drug-likeness (QED) is 0.264. The summed E-state index contributed by atoms with van der Waals surface area (Å²) in [5.41, 5.74) is 7.26. The summed E-state index contributed by atoms with van der Waals surface area (Å²) in [6.07, 6.45) is -0.444. The molecule has 39 heavy (non-hydrogen) atoms. The largest absolute Gasteiger partial charge is 0.445 e. The van der Waals surface area contributed by atoms with E-state index in [1.807, 2.05) is 84.0 Å². The maximum absolute atomic E-state index is 13.1. The number of nitrogens with zero attached hydrogens (tertiary/aromatic N) is 2. The number of hydrogen-bond donors (Lipinski definition) is 2. The number of aryl methyl sites for hydroxylation is 2. The maximum atomic E-state index is 13.1. The molecular formula is C31H36N4O3S. The summed E-state index contributed by atoms with van der Waals surface area (Å²) in [7, 11) is 0. The molecule has 8 heteroatoms. The number of nitrogens with one attached hydrogen (secondary N) is 2. The highest BCUT2D eigenvalue weighted by Gasteiger charge is 2.18. The van der Waals surface area contributed by atoms with Crippen molar-refractivity contribution < 1.29 is 14.3 Å². The Bertz CT molecular complexity index is 1460. The molecule has 2 heterocycles. The molecule has 0 aliphatic heterocycles. The first-order chi connectivity index (χ1) is 18.5. The first-order valence-electron chi connectivity index (χ1n) is 13.0. The Kier molecular flexibility index (Phi) is 8.55. The third-order valence-electron chi connectivity index (χ3n) is 6.40. The van der Waals surface area contributed by atoms with E-state index in [1.165, 1.54) is 0 Å². The molecule has 0 atom stereocenters. The Morgan fingerprint density at radius 1 is 1.03 bits per heavy atom. The Morgan fingerprint density at radius 2 is 1.77 bits per heavy atom. The molecule has 2 aromatic heterocycles. The summed E-state index contributed by atoms with van der Waals surface area (Å²) in [4.78, 5) is 29.8. The summed E-state index contributed by atoms with van der Waals surface area (Å²) >= 11 is 1.63. The van der Waals surface area contributed by atoms with Crippen molar-refractivity contribution in [3.8, 4) is 10.6 Å². The van der Waals surface area contributed by atoms with Gasteiger partial charge >= 0.3 is 6.09 Å². The maximum Gasteiger partial charge on any atom is 0.407 e. The summed E-state index contributed by atoms with van der Waals surface area (Å²) in [5.74, 6) is -0.108. The van der Waals surface area contributed by atoms with Crippen LogP contribution in [0.5, 0.6) is 0 Å². The van der Waals surface area contributed by atoms with Crippen LogP contribution in [0, 0.1) is 20.8 Å². The number of amides is 2. The summed E-state index contributed by atoms with van der Waals surface area (Å²) in [6, 6.07) is 18.0. The van der Waals surface area contributed by atoms with Crippen LogP contribution in [-0.4, -0.2) is 27.1 Å². The van der Waals surface area contributed by atoms with E-state index in [0.29, 0.717) is 18.7 Å². The highest BCUT2D eigenvalue weighted by Crippen LogP contribution is 2.25. The number of hydrogen-bond acceptors (Lipinski definition) is 5. The number of thiazole rings is 1. The van der Waals surface area contributed by atoms with Crippen LogP contribution in [-0.2, 0) is 24.4 Å². The van der Waals surface area contributed by atoms with Gasteiger partial charge in [-0.05, 0) is 64.3 Å². The van der Waals surface area contributed by atoms with E-state index in [4.69, 9.17) is 9.72 Å². The van der Waals surface area contributed by atoms with Gasteiger partial charge in [-0.2, -0.15) is 0 Å². The first-order valence-corrected chi connectivity index (χ1v) is 13.9. The van der Waals surface area contributed by atoms with Gasteiger partial charge in [0.2, 0.25) is 0 Å². The van der Waals surface area contributed by atoms with Gasteiger partial charge in [0.15, 0.2) is 0 Å². The summed E-state index contributed by atoms with van der Waals surface area (Å²) < 4.78 is 7.46. The van der Waals surface area contributed by atoms with Gasteiger partial charge in [0.1, 0.15) is 11.6 Å². The molecule has 0 aliphatic rings. The molecule has 7 nitrogen and oxygen atoms in total. The predicted octanol–water partition coefficient (Wildman–Crippen LogP) is 6.54. The number of carbonyl (C=O) groups is 2. The van der Waals surface area contributed by atoms with Crippen LogP contribution in [0.4, 0.5) is 4.79 Å². The van der Waals surface area contributed by atoms with Gasteiger partial charge in [0, 0.05) is 34.4 Å². The molecule has 2 aromatic carbocycles. The van der Waals surface area contributed by atoms with Crippen LogP contribution in [0.3, 0.4) is 0 Å². The minimum atomic E-state index is -0.444. The molecular weight excluding hydrogens is 508 g/mol. The zero-order chi connectivity index (χ0) is 28.2. The molecule has 0 radical (unpaired) electrons. The Hall–Kier alpha value is -3.91. The smallest absolute Gasteiger partial charge is 0.407 e. The number of alkyl carbamates (subject to hydrolysis) is 1. The van der Waals surface area contributed by atoms with Crippen molar-refractivity contribution in [2.24, 2.45) is 0 Å². The van der Waals surface area contributed by atoms with Crippen LogP contribution in [0.2, 0.25) is 0 Å². The molecule has 204 valence electrons. The molecule has 0 saturated heterocycles. The summed E-state index contributed by atoms with van der Waals surface area (Å²) in [6.45, 7) is 12.9. The lowest BCUT2D eigenvalue weighted by atomic mass is 10.1. The second kappa shape index (κ2) is 11.9. The summed E-state index contributed by atoms with van der Waals surface area (Å²) in [5, 5.41) is 8.91. The molecule has 0 unspecified atom stereocenters. The van der Waals surface area contributed by atoms with Gasteiger partial charge in [-0.15, -0.1) is 11.3 Å². The van der Waals surface area contributed by atoms with E-state index in [1.54, 1.807) is 11.3 Å². The van der Waals surface area contributed by atoms with E-state index in [-0.39, 0.29) is 18.1 Å². The molecule has 0 spiro atoms. The zero-order valence-electron chi connectivity index (χ0n) is 23.4. The topological polar surface area (TPSA) is 85.3 Å². The zero-order valence-corrected chi connectivity index (χ0v) is 24.2. The average Bonchev–Trinajstić information content (AvgIpc) is 3.46. The third kappa shape index (κ3) is 7.35. The van der Waals surface area contributed by atoms with Crippen molar-refractivity contribution in [1.82, 2.24) is 20.2 Å². The van der Waals surface area contributed by atoms with E-state index in [2.05, 4.69) is 32.7 Å². The highest BCUT2D eigenvalue weighted by molar-refractivity contribution is 7.13. The number of carbonyl (C=O) groups excluding carboxylic acids is 2. The predicted molar refractivity (Wildman–Crippen MR) is 156 cm³/mol. The molecule has 2 amide bonds. The fraction of sp³-hybridized carbons (Fsp3) is 0.323. The fourth-order valence-electron chi connectivity index (χ4n) is 4.34. The van der Waals surface area contributed by atoms with Crippen LogP contribution >= 0.6 is 11.3 Å². The number of aromatic nitrogens is 2. The minimum Gasteiger partial charge on any atom is -0.445 e. The standard InChI is InChI=1S/C31H36N4O3S/c1-20-14-23(18-38-30(37)34-31(4,5)6)12-13-25(20)16-32-28(36)27-15-21(2)35(22(27)3)17-26-19-39-29(33-26)24-10-8-7-9-11-24/h7-15,19H,16-18H2,1-6H3,(H,32,36)(H,34,37). The number of rotatable bonds is 8. The van der Waals surface area contributed by atoms with E-state index < -0.39 is 6.09 Å². The molecule has 0 fully saturated rings. The average molecular weight is 545 g/mol. The lowest BCUT2D eigenvalue weighted by Crippen LogP contribution is -2.40. The normalized spacial score (nSPS) is 11.3. The van der Waals surface area contributed by atoms with Gasteiger partial charge in [0.25, 0.3) is 5.91 Å². The second-order valence-electron chi connectivity index (χ2n) is 10.8. The molecule has 0 aliphatic carbocycles. The van der Waals surface area contributed by atoms with E-state index >= 15 is 0 Å². The van der Waals surface area contributed by atoms with Gasteiger partial charge < -0.3 is 19.9 Å². The lowest BCUT2D eigenvalue weighted by Gasteiger charge is -2.20. The van der Waals surface area contributed by atoms with Crippen molar-refractivity contribution in [3.63, 3.8) is 0 Å². The van der Waals surface area contributed by atoms with Gasteiger partial charge in [0.05, 0.1) is 17.8 Å². The van der Waals surface area contributed by atoms with Crippen LogP contribution in [0.25, 0.3) is 10.6 Å². The van der Waals surface area contributed by atoms with Crippen LogP contribution in [0.15, 0.2) is 60.0 Å². The Morgan fingerprint density at radius 3 is 2.46 bits per heavy atom. The van der Waals surface area contributed by atoms with Crippen molar-refractivity contribution in [1.29, 1.82) is 0 Å². The van der Waals surface area contributed by atoms with Gasteiger partial charge in [-0.1, -0.05) is 48.5 Å². The van der Waals surface area contributed by atoms with Crippen molar-refractivity contribution in [2.75, 3.05) is 0 Å². The third-order valence-corrected chi connectivity index (χ3v) is 7.34. The van der Waals surface area contributed by atoms with E-state index in [9.17, 15) is 9.59 Å². The lowest BCUT2D eigenvalue weighted by molar-refractivity contribution is 0.0950. The SMILES string of the molecule is Cc1cc(COC(=O)NC(C)(C)C)ccc1CNC(=O)c1cc(C)n(Cc2csc(-c3ccccc3)n2)c1C. The fourth-order valence-corrected chi connectivity index (χ4v) is 5.15. The van der Waals surface area contributed by atoms with Crippen molar-refractivity contribution >= 4 is 23.3 Å². The monoisotopic (exact) mass is 544 g/mol. The van der Waals surface area contributed by atoms with Crippen LogP contribution < -0.4 is 10.6 Å². The molecule has 4 rings (SSSR count). The highest BCUT2D eigenvalue weighted by atomic mass is 32.1. The molecule has 0 bridgehead atoms.